The number of ketones is 1. The number of aryl methyl sites for hydroxylation is 2. The van der Waals surface area contributed by atoms with Crippen molar-refractivity contribution in [2.45, 2.75) is 59.4 Å². The van der Waals surface area contributed by atoms with Gasteiger partial charge in [-0.25, -0.2) is 0 Å². The number of carbonyl (C=O) groups excluding carboxylic acids is 2. The van der Waals surface area contributed by atoms with Crippen molar-refractivity contribution in [2.75, 3.05) is 6.54 Å². The van der Waals surface area contributed by atoms with Crippen LogP contribution < -0.4 is 0 Å². The van der Waals surface area contributed by atoms with Crippen LogP contribution >= 0.6 is 0 Å². The molecule has 0 bridgehead atoms. The Morgan fingerprint density at radius 2 is 1.77 bits per heavy atom. The third-order valence-electron chi connectivity index (χ3n) is 5.72. The average Bonchev–Trinajstić information content (AvgIpc) is 2.92. The molecular weight excluding hydrogens is 374 g/mol. The first-order valence-corrected chi connectivity index (χ1v) is 10.5. The number of aliphatic hydroxyl groups excluding tert-OH is 1. The Balaban J connectivity index is 2.26. The van der Waals surface area contributed by atoms with Crippen molar-refractivity contribution in [1.82, 2.24) is 4.90 Å². The van der Waals surface area contributed by atoms with Gasteiger partial charge in [0, 0.05) is 12.1 Å². The van der Waals surface area contributed by atoms with E-state index in [2.05, 4.69) is 20.8 Å². The molecule has 0 aromatic heterocycles. The summed E-state index contributed by atoms with van der Waals surface area (Å²) in [4.78, 5) is 27.5. The molecular formula is C26H31NO3. The second-order valence-corrected chi connectivity index (χ2v) is 9.19. The number of hydrogen-bond acceptors (Lipinski definition) is 3. The zero-order chi connectivity index (χ0) is 22.2. The number of Topliss-reactive ketones (excluding diaryl/α,β-unsaturated/α-hetero) is 1. The minimum atomic E-state index is -0.618. The van der Waals surface area contributed by atoms with E-state index in [-0.39, 0.29) is 16.7 Å². The van der Waals surface area contributed by atoms with Crippen molar-refractivity contribution in [3.63, 3.8) is 0 Å². The second kappa shape index (κ2) is 8.10. The second-order valence-electron chi connectivity index (χ2n) is 9.19. The minimum absolute atomic E-state index is 0.0953. The van der Waals surface area contributed by atoms with E-state index in [0.717, 1.165) is 28.7 Å². The molecule has 1 aliphatic heterocycles. The molecule has 2 aromatic rings. The molecule has 1 unspecified atom stereocenters. The Morgan fingerprint density at radius 3 is 2.37 bits per heavy atom. The number of aliphatic hydroxyl groups is 1. The predicted molar refractivity (Wildman–Crippen MR) is 120 cm³/mol. The fourth-order valence-electron chi connectivity index (χ4n) is 4.03. The van der Waals surface area contributed by atoms with Gasteiger partial charge in [-0.15, -0.1) is 0 Å². The highest BCUT2D eigenvalue weighted by molar-refractivity contribution is 6.46. The van der Waals surface area contributed by atoms with Crippen molar-refractivity contribution >= 4 is 17.4 Å². The summed E-state index contributed by atoms with van der Waals surface area (Å²) in [6.45, 7) is 12.6. The van der Waals surface area contributed by atoms with Gasteiger partial charge < -0.3 is 10.0 Å². The molecule has 1 N–H and O–H groups in total. The number of rotatable bonds is 4. The molecule has 0 spiro atoms. The molecule has 1 aliphatic rings. The lowest BCUT2D eigenvalue weighted by molar-refractivity contribution is -0.139. The maximum atomic E-state index is 13.1. The number of hydrogen-bond donors (Lipinski definition) is 1. The predicted octanol–water partition coefficient (Wildman–Crippen LogP) is 5.43. The summed E-state index contributed by atoms with van der Waals surface area (Å²) < 4.78 is 0. The van der Waals surface area contributed by atoms with Gasteiger partial charge in [0.05, 0.1) is 11.6 Å². The normalized spacial score (nSPS) is 18.9. The van der Waals surface area contributed by atoms with Crippen molar-refractivity contribution in [2.24, 2.45) is 0 Å². The van der Waals surface area contributed by atoms with Gasteiger partial charge >= 0.3 is 0 Å². The van der Waals surface area contributed by atoms with E-state index < -0.39 is 17.7 Å². The molecule has 0 aliphatic carbocycles. The van der Waals surface area contributed by atoms with Gasteiger partial charge in [0.25, 0.3) is 11.7 Å². The summed E-state index contributed by atoms with van der Waals surface area (Å²) in [5, 5.41) is 11.3. The average molecular weight is 406 g/mol. The van der Waals surface area contributed by atoms with E-state index in [9.17, 15) is 14.7 Å². The first-order valence-electron chi connectivity index (χ1n) is 10.5. The first kappa shape index (κ1) is 21.8. The molecule has 1 fully saturated rings. The Kier molecular flexibility index (Phi) is 5.89. The summed E-state index contributed by atoms with van der Waals surface area (Å²) in [5.41, 5.74) is 4.49. The Hall–Kier alpha value is -2.88. The minimum Gasteiger partial charge on any atom is -0.507 e. The van der Waals surface area contributed by atoms with Gasteiger partial charge in [0.15, 0.2) is 0 Å². The van der Waals surface area contributed by atoms with E-state index in [1.807, 2.05) is 63.2 Å². The van der Waals surface area contributed by atoms with Gasteiger partial charge in [0.2, 0.25) is 0 Å². The van der Waals surface area contributed by atoms with Crippen molar-refractivity contribution in [3.8, 4) is 0 Å². The smallest absolute Gasteiger partial charge is 0.295 e. The van der Waals surface area contributed by atoms with Crippen LogP contribution in [0.15, 0.2) is 48.0 Å². The highest BCUT2D eigenvalue weighted by Crippen LogP contribution is 2.40. The summed E-state index contributed by atoms with van der Waals surface area (Å²) >= 11 is 0. The third kappa shape index (κ3) is 3.91. The van der Waals surface area contributed by atoms with Crippen LogP contribution in [-0.4, -0.2) is 28.2 Å². The van der Waals surface area contributed by atoms with E-state index in [1.54, 1.807) is 4.90 Å². The molecule has 0 saturated carbocycles. The summed E-state index contributed by atoms with van der Waals surface area (Å²) in [7, 11) is 0. The molecule has 1 heterocycles. The molecule has 1 saturated heterocycles. The highest BCUT2D eigenvalue weighted by atomic mass is 16.3. The van der Waals surface area contributed by atoms with Crippen LogP contribution in [0.2, 0.25) is 0 Å². The van der Waals surface area contributed by atoms with E-state index in [1.165, 1.54) is 0 Å². The van der Waals surface area contributed by atoms with Gasteiger partial charge in [-0.1, -0.05) is 69.7 Å². The summed E-state index contributed by atoms with van der Waals surface area (Å²) in [6, 6.07) is 13.1. The molecule has 0 radical (unpaired) electrons. The van der Waals surface area contributed by atoms with Crippen LogP contribution in [-0.2, 0) is 15.0 Å². The number of nitrogens with zero attached hydrogens (tertiary/aromatic N) is 1. The lowest BCUT2D eigenvalue weighted by Gasteiger charge is -2.25. The van der Waals surface area contributed by atoms with Crippen LogP contribution in [0.25, 0.3) is 5.76 Å². The van der Waals surface area contributed by atoms with E-state index >= 15 is 0 Å². The summed E-state index contributed by atoms with van der Waals surface area (Å²) in [5.74, 6) is -1.26. The lowest BCUT2D eigenvalue weighted by Crippen LogP contribution is -2.30. The molecule has 158 valence electrons. The maximum Gasteiger partial charge on any atom is 0.295 e. The lowest BCUT2D eigenvalue weighted by atomic mass is 9.84. The third-order valence-corrected chi connectivity index (χ3v) is 5.72. The fourth-order valence-corrected chi connectivity index (χ4v) is 4.03. The topological polar surface area (TPSA) is 57.6 Å². The zero-order valence-corrected chi connectivity index (χ0v) is 18.7. The fraction of sp³-hybridized carbons (Fsp3) is 0.385. The molecule has 3 rings (SSSR count). The van der Waals surface area contributed by atoms with Crippen molar-refractivity contribution in [1.29, 1.82) is 0 Å². The van der Waals surface area contributed by atoms with Gasteiger partial charge in [-0.3, -0.25) is 9.59 Å². The van der Waals surface area contributed by atoms with Crippen molar-refractivity contribution < 1.29 is 14.7 Å². The highest BCUT2D eigenvalue weighted by Gasteiger charge is 2.45. The number of benzene rings is 2. The largest absolute Gasteiger partial charge is 0.507 e. The standard InChI is InChI=1S/C26H31NO3/c1-7-13-27-22(18-10-8-9-16(2)14-18)21(24(29)25(27)30)23(28)20-15-19(26(4,5)6)12-11-17(20)3/h8-12,14-15,22,28H,7,13H2,1-6H3/b23-21+. The quantitative estimate of drug-likeness (QED) is 0.419. The molecule has 4 nitrogen and oxygen atoms in total. The molecule has 4 heteroatoms. The van der Waals surface area contributed by atoms with Crippen LogP contribution in [0.1, 0.15) is 68.0 Å². The SMILES string of the molecule is CCCN1C(=O)C(=O)/C(=C(/O)c2cc(C(C)(C)C)ccc2C)C1c1cccc(C)c1. The Bertz CT molecular complexity index is 1030. The number of carbonyl (C=O) groups is 2. The molecule has 2 aromatic carbocycles. The summed E-state index contributed by atoms with van der Waals surface area (Å²) in [6.07, 6.45) is 0.730. The molecule has 30 heavy (non-hydrogen) atoms. The van der Waals surface area contributed by atoms with E-state index in [0.29, 0.717) is 12.1 Å². The molecule has 1 amide bonds. The number of amides is 1. The van der Waals surface area contributed by atoms with Crippen molar-refractivity contribution in [3.05, 3.63) is 75.9 Å². The first-order chi connectivity index (χ1) is 14.1. The Labute approximate surface area is 179 Å². The Morgan fingerprint density at radius 1 is 1.07 bits per heavy atom. The number of likely N-dealkylation sites (tertiary alicyclic amines) is 1. The zero-order valence-electron chi connectivity index (χ0n) is 18.7. The van der Waals surface area contributed by atoms with Gasteiger partial charge in [0.1, 0.15) is 5.76 Å². The maximum absolute atomic E-state index is 13.1. The van der Waals surface area contributed by atoms with Crippen LogP contribution in [0.5, 0.6) is 0 Å². The van der Waals surface area contributed by atoms with Crippen LogP contribution in [0.3, 0.4) is 0 Å². The van der Waals surface area contributed by atoms with Crippen LogP contribution in [0, 0.1) is 13.8 Å². The monoisotopic (exact) mass is 405 g/mol. The van der Waals surface area contributed by atoms with Crippen LogP contribution in [0.4, 0.5) is 0 Å². The van der Waals surface area contributed by atoms with Gasteiger partial charge in [-0.05, 0) is 48.4 Å². The molecule has 1 atom stereocenters. The van der Waals surface area contributed by atoms with Gasteiger partial charge in [-0.2, -0.15) is 0 Å². The van der Waals surface area contributed by atoms with E-state index in [4.69, 9.17) is 0 Å².